The van der Waals surface area contributed by atoms with E-state index in [0.717, 1.165) is 18.7 Å². The van der Waals surface area contributed by atoms with Crippen molar-refractivity contribution in [3.05, 3.63) is 34.4 Å². The molecule has 1 aromatic heterocycles. The minimum atomic E-state index is 0.487. The molecule has 7 heteroatoms. The van der Waals surface area contributed by atoms with Gasteiger partial charge >= 0.3 is 0 Å². The van der Waals surface area contributed by atoms with Crippen LogP contribution in [0.2, 0.25) is 10.0 Å². The van der Waals surface area contributed by atoms with E-state index in [1.54, 1.807) is 24.4 Å². The van der Waals surface area contributed by atoms with Crippen molar-refractivity contribution in [3.8, 4) is 0 Å². The van der Waals surface area contributed by atoms with Crippen LogP contribution in [-0.2, 0) is 0 Å². The van der Waals surface area contributed by atoms with Gasteiger partial charge in [-0.05, 0) is 43.9 Å². The molecule has 1 aliphatic rings. The van der Waals surface area contributed by atoms with Crippen molar-refractivity contribution in [2.45, 2.75) is 38.6 Å². The quantitative estimate of drug-likeness (QED) is 0.865. The highest BCUT2D eigenvalue weighted by molar-refractivity contribution is 6.35. The molecule has 2 aromatic rings. The number of hydrogen-bond acceptors (Lipinski definition) is 5. The van der Waals surface area contributed by atoms with Crippen LogP contribution >= 0.6 is 23.2 Å². The zero-order chi connectivity index (χ0) is 16.2. The predicted molar refractivity (Wildman–Crippen MR) is 94.8 cm³/mol. The molecule has 122 valence electrons. The van der Waals surface area contributed by atoms with Crippen LogP contribution in [0.3, 0.4) is 0 Å². The van der Waals surface area contributed by atoms with E-state index >= 15 is 0 Å². The predicted octanol–water partition coefficient (Wildman–Crippen LogP) is 4.69. The number of rotatable bonds is 4. The lowest BCUT2D eigenvalue weighted by Gasteiger charge is -2.34. The second kappa shape index (κ2) is 7.32. The molecule has 1 aromatic carbocycles. The van der Waals surface area contributed by atoms with E-state index in [9.17, 15) is 0 Å². The van der Waals surface area contributed by atoms with Crippen LogP contribution in [0.1, 0.15) is 32.6 Å². The van der Waals surface area contributed by atoms with Crippen LogP contribution in [0.25, 0.3) is 0 Å². The Balaban J connectivity index is 1.81. The second-order valence-corrected chi connectivity index (χ2v) is 6.55. The average Bonchev–Trinajstić information content (AvgIpc) is 2.54. The average molecular weight is 352 g/mol. The number of piperidine rings is 1. The molecule has 0 aliphatic carbocycles. The summed E-state index contributed by atoms with van der Waals surface area (Å²) >= 11 is 12.1. The van der Waals surface area contributed by atoms with Gasteiger partial charge in [0.25, 0.3) is 0 Å². The second-order valence-electron chi connectivity index (χ2n) is 5.68. The summed E-state index contributed by atoms with van der Waals surface area (Å²) in [6.45, 7) is 3.18. The zero-order valence-electron chi connectivity index (χ0n) is 13.0. The molecule has 0 bridgehead atoms. The first-order valence-corrected chi connectivity index (χ1v) is 8.61. The van der Waals surface area contributed by atoms with Gasteiger partial charge in [-0.1, -0.05) is 30.1 Å². The Bertz CT molecular complexity index is 659. The third kappa shape index (κ3) is 4.03. The molecule has 1 atom stereocenters. The van der Waals surface area contributed by atoms with Crippen molar-refractivity contribution in [2.75, 3.05) is 16.8 Å². The molecule has 1 fully saturated rings. The maximum atomic E-state index is 6.03. The summed E-state index contributed by atoms with van der Waals surface area (Å²) in [5.41, 5.74) is 0.777. The van der Waals surface area contributed by atoms with Gasteiger partial charge in [-0.3, -0.25) is 0 Å². The monoisotopic (exact) mass is 351 g/mol. The van der Waals surface area contributed by atoms with Crippen LogP contribution in [-0.4, -0.2) is 27.8 Å². The molecule has 3 rings (SSSR count). The molecular weight excluding hydrogens is 333 g/mol. The van der Waals surface area contributed by atoms with E-state index in [4.69, 9.17) is 23.2 Å². The van der Waals surface area contributed by atoms with Gasteiger partial charge in [0, 0.05) is 28.3 Å². The zero-order valence-corrected chi connectivity index (χ0v) is 14.5. The SMILES string of the molecule is CCC1CCCCN1c1nncc(Nc2cc(Cl)cc(Cl)c2)n1. The normalized spacial score (nSPS) is 18.0. The van der Waals surface area contributed by atoms with Gasteiger partial charge in [-0.25, -0.2) is 0 Å². The molecule has 0 amide bonds. The van der Waals surface area contributed by atoms with E-state index in [0.29, 0.717) is 27.9 Å². The number of nitrogens with zero attached hydrogens (tertiary/aromatic N) is 4. The van der Waals surface area contributed by atoms with Crippen LogP contribution < -0.4 is 10.2 Å². The highest BCUT2D eigenvalue weighted by Gasteiger charge is 2.23. The lowest BCUT2D eigenvalue weighted by Crippen LogP contribution is -2.40. The molecular formula is C16H19Cl2N5. The lowest BCUT2D eigenvalue weighted by molar-refractivity contribution is 0.442. The van der Waals surface area contributed by atoms with Gasteiger partial charge in [-0.2, -0.15) is 10.1 Å². The first-order valence-electron chi connectivity index (χ1n) is 7.85. The van der Waals surface area contributed by atoms with Crippen molar-refractivity contribution in [3.63, 3.8) is 0 Å². The largest absolute Gasteiger partial charge is 0.339 e. The van der Waals surface area contributed by atoms with E-state index in [-0.39, 0.29) is 0 Å². The smallest absolute Gasteiger partial charge is 0.247 e. The van der Waals surface area contributed by atoms with Crippen LogP contribution in [0, 0.1) is 0 Å². The molecule has 5 nitrogen and oxygen atoms in total. The maximum absolute atomic E-state index is 6.03. The molecule has 1 aliphatic heterocycles. The third-order valence-corrected chi connectivity index (χ3v) is 4.47. The van der Waals surface area contributed by atoms with Crippen molar-refractivity contribution in [1.29, 1.82) is 0 Å². The topological polar surface area (TPSA) is 53.9 Å². The Labute approximate surface area is 146 Å². The number of benzene rings is 1. The number of anilines is 3. The van der Waals surface area contributed by atoms with Crippen LogP contribution in [0.15, 0.2) is 24.4 Å². The fourth-order valence-electron chi connectivity index (χ4n) is 2.94. The Morgan fingerprint density at radius 1 is 1.22 bits per heavy atom. The minimum absolute atomic E-state index is 0.487. The third-order valence-electron chi connectivity index (χ3n) is 4.04. The van der Waals surface area contributed by atoms with Gasteiger partial charge in [0.2, 0.25) is 5.95 Å². The Morgan fingerprint density at radius 2 is 2.00 bits per heavy atom. The fourth-order valence-corrected chi connectivity index (χ4v) is 3.46. The van der Waals surface area contributed by atoms with Gasteiger partial charge in [0.05, 0.1) is 6.20 Å². The van der Waals surface area contributed by atoms with E-state index in [1.165, 1.54) is 19.3 Å². The highest BCUT2D eigenvalue weighted by Crippen LogP contribution is 2.26. The summed E-state index contributed by atoms with van der Waals surface area (Å²) < 4.78 is 0. The van der Waals surface area contributed by atoms with Crippen molar-refractivity contribution < 1.29 is 0 Å². The number of hydrogen-bond donors (Lipinski definition) is 1. The Hall–Kier alpha value is -1.59. The molecule has 0 radical (unpaired) electrons. The summed E-state index contributed by atoms with van der Waals surface area (Å²) in [6.07, 6.45) is 6.30. The summed E-state index contributed by atoms with van der Waals surface area (Å²) in [7, 11) is 0. The van der Waals surface area contributed by atoms with Crippen molar-refractivity contribution in [2.24, 2.45) is 0 Å². The molecule has 0 spiro atoms. The molecule has 1 unspecified atom stereocenters. The van der Waals surface area contributed by atoms with Crippen LogP contribution in [0.4, 0.5) is 17.5 Å². The first kappa shape index (κ1) is 16.3. The number of nitrogens with one attached hydrogen (secondary N) is 1. The summed E-state index contributed by atoms with van der Waals surface area (Å²) in [6, 6.07) is 5.77. The number of halogens is 2. The van der Waals surface area contributed by atoms with Gasteiger partial charge in [0.15, 0.2) is 5.82 Å². The first-order chi connectivity index (χ1) is 11.2. The standard InChI is InChI=1S/C16H19Cl2N5/c1-2-14-5-3-4-6-23(14)16-21-15(10-19-22-16)20-13-8-11(17)7-12(18)9-13/h7-10,14H,2-6H2,1H3,(H,20,21,22). The van der Waals surface area contributed by atoms with Gasteiger partial charge in [0.1, 0.15) is 0 Å². The van der Waals surface area contributed by atoms with Gasteiger partial charge < -0.3 is 10.2 Å². The molecule has 23 heavy (non-hydrogen) atoms. The van der Waals surface area contributed by atoms with Crippen molar-refractivity contribution >= 4 is 40.7 Å². The van der Waals surface area contributed by atoms with E-state index in [1.807, 2.05) is 0 Å². The van der Waals surface area contributed by atoms with E-state index in [2.05, 4.69) is 32.3 Å². The van der Waals surface area contributed by atoms with Crippen molar-refractivity contribution in [1.82, 2.24) is 15.2 Å². The van der Waals surface area contributed by atoms with Gasteiger partial charge in [-0.15, -0.1) is 5.10 Å². The maximum Gasteiger partial charge on any atom is 0.247 e. The summed E-state index contributed by atoms with van der Waals surface area (Å²) in [5, 5.41) is 12.6. The molecule has 1 saturated heterocycles. The highest BCUT2D eigenvalue weighted by atomic mass is 35.5. The lowest BCUT2D eigenvalue weighted by atomic mass is 10.0. The molecule has 0 saturated carbocycles. The van der Waals surface area contributed by atoms with E-state index < -0.39 is 0 Å². The summed E-state index contributed by atoms with van der Waals surface area (Å²) in [4.78, 5) is 6.86. The number of aromatic nitrogens is 3. The molecule has 2 heterocycles. The molecule has 1 N–H and O–H groups in total. The van der Waals surface area contributed by atoms with Crippen LogP contribution in [0.5, 0.6) is 0 Å². The fraction of sp³-hybridized carbons (Fsp3) is 0.438. The summed E-state index contributed by atoms with van der Waals surface area (Å²) in [5.74, 6) is 1.31. The Kier molecular flexibility index (Phi) is 5.18. The minimum Gasteiger partial charge on any atom is -0.339 e. The Morgan fingerprint density at radius 3 is 2.74 bits per heavy atom.